The summed E-state index contributed by atoms with van der Waals surface area (Å²) in [6.07, 6.45) is 0. The van der Waals surface area contributed by atoms with Crippen molar-refractivity contribution in [3.05, 3.63) is 78.4 Å². The molecule has 0 radical (unpaired) electrons. The number of aromatic carboxylic acids is 1. The minimum absolute atomic E-state index is 0.00254. The molecule has 0 atom stereocenters. The van der Waals surface area contributed by atoms with Crippen molar-refractivity contribution >= 4 is 32.6 Å². The molecule has 0 saturated carbocycles. The first-order valence-corrected chi connectivity index (χ1v) is 10.00. The molecule has 1 heterocycles. The number of carboxylic acid groups (broad SMARTS) is 1. The number of hydrogen-bond acceptors (Lipinski definition) is 5. The lowest BCUT2D eigenvalue weighted by atomic mass is 10.1. The van der Waals surface area contributed by atoms with Crippen LogP contribution in [0.25, 0.3) is 22.3 Å². The molecular weight excluding hydrogens is 394 g/mol. The zero-order valence-electron chi connectivity index (χ0n) is 14.9. The van der Waals surface area contributed by atoms with Crippen LogP contribution in [0.2, 0.25) is 0 Å². The van der Waals surface area contributed by atoms with Gasteiger partial charge in [0.1, 0.15) is 22.7 Å². The standard InChI is InChI=1S/C21H15NO6S/c23-18-12-15(8-9-17(18)21(24)25)22-29(26,27)16-6-3-5-13(10-16)20-11-14-4-1-2-7-19(14)28-20/h1-12,22-23H,(H,24,25). The van der Waals surface area contributed by atoms with E-state index < -0.39 is 21.7 Å². The number of furan rings is 1. The largest absolute Gasteiger partial charge is 0.507 e. The summed E-state index contributed by atoms with van der Waals surface area (Å²) in [5.41, 5.74) is 1.01. The Hall–Kier alpha value is -3.78. The van der Waals surface area contributed by atoms with Crippen molar-refractivity contribution < 1.29 is 27.8 Å². The summed E-state index contributed by atoms with van der Waals surface area (Å²) >= 11 is 0. The number of carboxylic acids is 1. The predicted octanol–water partition coefficient (Wildman–Crippen LogP) is 4.30. The highest BCUT2D eigenvalue weighted by molar-refractivity contribution is 7.92. The second-order valence-electron chi connectivity index (χ2n) is 6.32. The molecular formula is C21H15NO6S. The molecule has 0 saturated heterocycles. The topological polar surface area (TPSA) is 117 Å². The van der Waals surface area contributed by atoms with Gasteiger partial charge < -0.3 is 14.6 Å². The van der Waals surface area contributed by atoms with Crippen molar-refractivity contribution in [1.82, 2.24) is 0 Å². The van der Waals surface area contributed by atoms with Gasteiger partial charge in [0.25, 0.3) is 10.0 Å². The summed E-state index contributed by atoms with van der Waals surface area (Å²) in [5, 5.41) is 19.6. The molecule has 0 amide bonds. The van der Waals surface area contributed by atoms with Crippen LogP contribution in [-0.2, 0) is 10.0 Å². The van der Waals surface area contributed by atoms with Gasteiger partial charge in [-0.25, -0.2) is 13.2 Å². The van der Waals surface area contributed by atoms with Gasteiger partial charge >= 0.3 is 5.97 Å². The minimum Gasteiger partial charge on any atom is -0.507 e. The van der Waals surface area contributed by atoms with E-state index in [1.54, 1.807) is 12.1 Å². The minimum atomic E-state index is -3.97. The lowest BCUT2D eigenvalue weighted by molar-refractivity contribution is 0.0694. The van der Waals surface area contributed by atoms with Crippen LogP contribution in [0, 0.1) is 0 Å². The highest BCUT2D eigenvalue weighted by Crippen LogP contribution is 2.30. The Balaban J connectivity index is 1.66. The molecule has 0 bridgehead atoms. The third-order valence-electron chi connectivity index (χ3n) is 4.33. The zero-order valence-corrected chi connectivity index (χ0v) is 15.7. The van der Waals surface area contributed by atoms with Crippen LogP contribution in [0.5, 0.6) is 5.75 Å². The summed E-state index contributed by atoms with van der Waals surface area (Å²) in [6.45, 7) is 0. The van der Waals surface area contributed by atoms with E-state index in [0.29, 0.717) is 16.9 Å². The number of hydrogen-bond donors (Lipinski definition) is 3. The number of rotatable bonds is 5. The molecule has 8 heteroatoms. The van der Waals surface area contributed by atoms with Crippen LogP contribution in [0.3, 0.4) is 0 Å². The fourth-order valence-corrected chi connectivity index (χ4v) is 4.03. The molecule has 146 valence electrons. The molecule has 0 aliphatic heterocycles. The first kappa shape index (κ1) is 18.6. The van der Waals surface area contributed by atoms with E-state index in [4.69, 9.17) is 9.52 Å². The number of sulfonamides is 1. The van der Waals surface area contributed by atoms with Crippen molar-refractivity contribution in [3.8, 4) is 17.1 Å². The average molecular weight is 409 g/mol. The molecule has 7 nitrogen and oxygen atoms in total. The van der Waals surface area contributed by atoms with Gasteiger partial charge in [-0.3, -0.25) is 4.72 Å². The molecule has 4 aromatic rings. The zero-order chi connectivity index (χ0) is 20.6. The average Bonchev–Trinajstić information content (AvgIpc) is 3.12. The molecule has 3 aromatic carbocycles. The SMILES string of the molecule is O=C(O)c1ccc(NS(=O)(=O)c2cccc(-c3cc4ccccc4o3)c2)cc1O. The lowest BCUT2D eigenvalue weighted by Gasteiger charge is -2.10. The van der Waals surface area contributed by atoms with Gasteiger partial charge in [0.05, 0.1) is 10.6 Å². The second kappa shape index (κ2) is 6.99. The van der Waals surface area contributed by atoms with Gasteiger partial charge in [-0.2, -0.15) is 0 Å². The van der Waals surface area contributed by atoms with Crippen LogP contribution in [-0.4, -0.2) is 24.6 Å². The van der Waals surface area contributed by atoms with Crippen LogP contribution in [0.15, 0.2) is 82.1 Å². The van der Waals surface area contributed by atoms with Crippen LogP contribution >= 0.6 is 0 Å². The van der Waals surface area contributed by atoms with E-state index in [1.807, 2.05) is 30.3 Å². The first-order valence-electron chi connectivity index (χ1n) is 8.52. The Morgan fingerprint density at radius 1 is 0.931 bits per heavy atom. The van der Waals surface area contributed by atoms with Gasteiger partial charge in [0.2, 0.25) is 0 Å². The maximum absolute atomic E-state index is 12.7. The molecule has 29 heavy (non-hydrogen) atoms. The monoisotopic (exact) mass is 409 g/mol. The summed E-state index contributed by atoms with van der Waals surface area (Å²) in [5.74, 6) is -1.31. The third-order valence-corrected chi connectivity index (χ3v) is 5.71. The molecule has 0 fully saturated rings. The molecule has 1 aromatic heterocycles. The third kappa shape index (κ3) is 3.65. The van der Waals surface area contributed by atoms with Crippen molar-refractivity contribution in [1.29, 1.82) is 0 Å². The molecule has 0 aliphatic rings. The van der Waals surface area contributed by atoms with Gasteiger partial charge in [-0.15, -0.1) is 0 Å². The molecule has 0 unspecified atom stereocenters. The van der Waals surface area contributed by atoms with Gasteiger partial charge in [0, 0.05) is 17.0 Å². The smallest absolute Gasteiger partial charge is 0.339 e. The molecule has 0 aliphatic carbocycles. The van der Waals surface area contributed by atoms with Crippen molar-refractivity contribution in [3.63, 3.8) is 0 Å². The Morgan fingerprint density at radius 3 is 2.45 bits per heavy atom. The number of phenols is 1. The van der Waals surface area contributed by atoms with Crippen molar-refractivity contribution in [2.45, 2.75) is 4.90 Å². The summed E-state index contributed by atoms with van der Waals surface area (Å²) in [6, 6.07) is 19.0. The van der Waals surface area contributed by atoms with Gasteiger partial charge in [-0.1, -0.05) is 30.3 Å². The first-order chi connectivity index (χ1) is 13.8. The number of benzene rings is 3. The molecule has 3 N–H and O–H groups in total. The van der Waals surface area contributed by atoms with E-state index >= 15 is 0 Å². The highest BCUT2D eigenvalue weighted by atomic mass is 32.2. The second-order valence-corrected chi connectivity index (χ2v) is 8.00. The Bertz CT molecular complexity index is 1310. The highest BCUT2D eigenvalue weighted by Gasteiger charge is 2.18. The van der Waals surface area contributed by atoms with E-state index in [1.165, 1.54) is 18.2 Å². The number of para-hydroxylation sites is 1. The Kier molecular flexibility index (Phi) is 4.48. The Morgan fingerprint density at radius 2 is 1.72 bits per heavy atom. The number of aromatic hydroxyl groups is 1. The fourth-order valence-electron chi connectivity index (χ4n) is 2.93. The maximum atomic E-state index is 12.7. The van der Waals surface area contributed by atoms with Crippen molar-refractivity contribution in [2.24, 2.45) is 0 Å². The van der Waals surface area contributed by atoms with Crippen LogP contribution < -0.4 is 4.72 Å². The van der Waals surface area contributed by atoms with E-state index in [0.717, 1.165) is 17.5 Å². The number of carbonyl (C=O) groups is 1. The van der Waals surface area contributed by atoms with E-state index in [2.05, 4.69) is 4.72 Å². The van der Waals surface area contributed by atoms with E-state index in [-0.39, 0.29) is 16.1 Å². The van der Waals surface area contributed by atoms with Crippen molar-refractivity contribution in [2.75, 3.05) is 4.72 Å². The van der Waals surface area contributed by atoms with Gasteiger partial charge in [0.15, 0.2) is 0 Å². The van der Waals surface area contributed by atoms with Gasteiger partial charge in [-0.05, 0) is 36.4 Å². The van der Waals surface area contributed by atoms with Crippen LogP contribution in [0.1, 0.15) is 10.4 Å². The maximum Gasteiger partial charge on any atom is 0.339 e. The number of anilines is 1. The predicted molar refractivity (Wildman–Crippen MR) is 108 cm³/mol. The fraction of sp³-hybridized carbons (Fsp3) is 0. The quantitative estimate of drug-likeness (QED) is 0.452. The van der Waals surface area contributed by atoms with E-state index in [9.17, 15) is 18.3 Å². The molecule has 4 rings (SSSR count). The Labute approximate surface area is 165 Å². The molecule has 0 spiro atoms. The normalized spacial score (nSPS) is 11.4. The lowest BCUT2D eigenvalue weighted by Crippen LogP contribution is -2.13. The summed E-state index contributed by atoms with van der Waals surface area (Å²) in [7, 11) is -3.97. The number of nitrogens with one attached hydrogen (secondary N) is 1. The summed E-state index contributed by atoms with van der Waals surface area (Å²) in [4.78, 5) is 11.0. The number of fused-ring (bicyclic) bond motifs is 1. The van der Waals surface area contributed by atoms with Crippen LogP contribution in [0.4, 0.5) is 5.69 Å². The summed E-state index contributed by atoms with van der Waals surface area (Å²) < 4.78 is 33.6.